The second kappa shape index (κ2) is 7.72. The molecular formula is C13H25NO. The normalized spacial score (nSPS) is 20.6. The number of carbonyl (C=O) groups excluding carboxylic acids is 1. The molecule has 0 aliphatic carbocycles. The Kier molecular flexibility index (Phi) is 6.45. The number of hydrogen-bond donors (Lipinski definition) is 1. The highest BCUT2D eigenvalue weighted by Gasteiger charge is 2.19. The summed E-state index contributed by atoms with van der Waals surface area (Å²) in [5.41, 5.74) is 0. The molecule has 0 spiro atoms. The molecule has 1 rings (SSSR count). The van der Waals surface area contributed by atoms with Crippen LogP contribution in [0.4, 0.5) is 0 Å². The van der Waals surface area contributed by atoms with Crippen molar-refractivity contribution in [3.8, 4) is 0 Å². The summed E-state index contributed by atoms with van der Waals surface area (Å²) in [7, 11) is 0. The number of unbranched alkanes of at least 4 members (excludes halogenated alkanes) is 6. The predicted octanol–water partition coefficient (Wildman–Crippen LogP) is 3.41. The Morgan fingerprint density at radius 1 is 1.13 bits per heavy atom. The maximum Gasteiger partial charge on any atom is 0.220 e. The fourth-order valence-corrected chi connectivity index (χ4v) is 2.24. The standard InChI is InChI=1S/C13H25NO/c1-2-3-4-5-6-7-8-9-12-10-11-13(15)14-12/h12H,2-11H2,1H3,(H,14,15)/t12-/m1/s1. The van der Waals surface area contributed by atoms with Gasteiger partial charge >= 0.3 is 0 Å². The smallest absolute Gasteiger partial charge is 0.220 e. The van der Waals surface area contributed by atoms with E-state index < -0.39 is 0 Å². The minimum atomic E-state index is 0.253. The molecule has 1 fully saturated rings. The summed E-state index contributed by atoms with van der Waals surface area (Å²) in [6, 6.07) is 0.494. The molecule has 2 nitrogen and oxygen atoms in total. The van der Waals surface area contributed by atoms with Crippen LogP contribution in [0.5, 0.6) is 0 Å². The van der Waals surface area contributed by atoms with Crippen LogP contribution in [0, 0.1) is 0 Å². The van der Waals surface area contributed by atoms with Crippen LogP contribution < -0.4 is 5.32 Å². The van der Waals surface area contributed by atoms with E-state index in [0.717, 1.165) is 12.8 Å². The largest absolute Gasteiger partial charge is 0.353 e. The average Bonchev–Trinajstić information content (AvgIpc) is 2.63. The quantitative estimate of drug-likeness (QED) is 0.612. The lowest BCUT2D eigenvalue weighted by Crippen LogP contribution is -2.24. The SMILES string of the molecule is CCCCCCCCC[C@@H]1CCC(=O)N1. The van der Waals surface area contributed by atoms with Crippen LogP contribution in [0.2, 0.25) is 0 Å². The van der Waals surface area contributed by atoms with E-state index in [1.54, 1.807) is 0 Å². The van der Waals surface area contributed by atoms with Crippen molar-refractivity contribution < 1.29 is 4.79 Å². The number of carbonyl (C=O) groups is 1. The fraction of sp³-hybridized carbons (Fsp3) is 0.923. The molecule has 0 aromatic heterocycles. The first kappa shape index (κ1) is 12.5. The molecule has 1 aliphatic heterocycles. The van der Waals surface area contributed by atoms with Crippen LogP contribution in [0.25, 0.3) is 0 Å². The van der Waals surface area contributed by atoms with Gasteiger partial charge in [-0.3, -0.25) is 4.79 Å². The van der Waals surface area contributed by atoms with Crippen molar-refractivity contribution in [3.05, 3.63) is 0 Å². The van der Waals surface area contributed by atoms with Gasteiger partial charge in [-0.25, -0.2) is 0 Å². The van der Waals surface area contributed by atoms with Crippen LogP contribution in [0.3, 0.4) is 0 Å². The third-order valence-electron chi connectivity index (χ3n) is 3.24. The monoisotopic (exact) mass is 211 g/mol. The van der Waals surface area contributed by atoms with E-state index in [9.17, 15) is 4.79 Å². The first-order valence-corrected chi connectivity index (χ1v) is 6.62. The highest BCUT2D eigenvalue weighted by Crippen LogP contribution is 2.15. The summed E-state index contributed by atoms with van der Waals surface area (Å²) in [6.07, 6.45) is 12.5. The Bertz CT molecular complexity index is 179. The van der Waals surface area contributed by atoms with Gasteiger partial charge in [0.05, 0.1) is 0 Å². The zero-order valence-electron chi connectivity index (χ0n) is 10.1. The van der Waals surface area contributed by atoms with Gasteiger partial charge in [0.1, 0.15) is 0 Å². The van der Waals surface area contributed by atoms with Crippen molar-refractivity contribution in [2.45, 2.75) is 77.2 Å². The van der Waals surface area contributed by atoms with Crippen LogP contribution >= 0.6 is 0 Å². The zero-order valence-corrected chi connectivity index (χ0v) is 10.1. The van der Waals surface area contributed by atoms with Crippen LogP contribution in [0.15, 0.2) is 0 Å². The van der Waals surface area contributed by atoms with E-state index in [-0.39, 0.29) is 5.91 Å². The minimum absolute atomic E-state index is 0.253. The third kappa shape index (κ3) is 5.81. The molecule has 0 aromatic rings. The summed E-state index contributed by atoms with van der Waals surface area (Å²) in [5.74, 6) is 0.253. The van der Waals surface area contributed by atoms with Crippen molar-refractivity contribution in [3.63, 3.8) is 0 Å². The predicted molar refractivity (Wildman–Crippen MR) is 63.8 cm³/mol. The van der Waals surface area contributed by atoms with Gasteiger partial charge < -0.3 is 5.32 Å². The average molecular weight is 211 g/mol. The maximum absolute atomic E-state index is 10.9. The Balaban J connectivity index is 1.83. The minimum Gasteiger partial charge on any atom is -0.353 e. The van der Waals surface area contributed by atoms with Gasteiger partial charge in [0.25, 0.3) is 0 Å². The van der Waals surface area contributed by atoms with E-state index in [1.807, 2.05) is 0 Å². The molecule has 1 atom stereocenters. The van der Waals surface area contributed by atoms with E-state index in [0.29, 0.717) is 6.04 Å². The lowest BCUT2D eigenvalue weighted by atomic mass is 10.0. The highest BCUT2D eigenvalue weighted by atomic mass is 16.1. The van der Waals surface area contributed by atoms with Gasteiger partial charge in [-0.05, 0) is 12.8 Å². The van der Waals surface area contributed by atoms with Gasteiger partial charge in [-0.2, -0.15) is 0 Å². The van der Waals surface area contributed by atoms with Crippen LogP contribution in [-0.4, -0.2) is 11.9 Å². The summed E-state index contributed by atoms with van der Waals surface area (Å²) in [5, 5.41) is 3.03. The molecule has 1 saturated heterocycles. The molecule has 88 valence electrons. The van der Waals surface area contributed by atoms with Gasteiger partial charge in [-0.15, -0.1) is 0 Å². The topological polar surface area (TPSA) is 29.1 Å². The number of hydrogen-bond acceptors (Lipinski definition) is 1. The summed E-state index contributed by atoms with van der Waals surface area (Å²) in [6.45, 7) is 2.25. The Labute approximate surface area is 93.8 Å². The Morgan fingerprint density at radius 2 is 1.80 bits per heavy atom. The second-order valence-electron chi connectivity index (χ2n) is 4.71. The summed E-state index contributed by atoms with van der Waals surface area (Å²) >= 11 is 0. The first-order valence-electron chi connectivity index (χ1n) is 6.62. The molecule has 1 heterocycles. The lowest BCUT2D eigenvalue weighted by Gasteiger charge is -2.08. The van der Waals surface area contributed by atoms with Gasteiger partial charge in [0.2, 0.25) is 5.91 Å². The Morgan fingerprint density at radius 3 is 2.40 bits per heavy atom. The van der Waals surface area contributed by atoms with Crippen molar-refractivity contribution in [2.75, 3.05) is 0 Å². The van der Waals surface area contributed by atoms with Crippen LogP contribution in [0.1, 0.15) is 71.1 Å². The molecule has 2 heteroatoms. The highest BCUT2D eigenvalue weighted by molar-refractivity contribution is 5.78. The second-order valence-corrected chi connectivity index (χ2v) is 4.71. The zero-order chi connectivity index (χ0) is 10.9. The lowest BCUT2D eigenvalue weighted by molar-refractivity contribution is -0.119. The molecule has 0 bridgehead atoms. The summed E-state index contributed by atoms with van der Waals surface area (Å²) in [4.78, 5) is 10.9. The molecule has 0 radical (unpaired) electrons. The molecule has 1 aliphatic rings. The van der Waals surface area contributed by atoms with Crippen molar-refractivity contribution in [2.24, 2.45) is 0 Å². The molecule has 0 saturated carbocycles. The molecule has 0 aromatic carbocycles. The van der Waals surface area contributed by atoms with Gasteiger partial charge in [-0.1, -0.05) is 51.9 Å². The van der Waals surface area contributed by atoms with Crippen molar-refractivity contribution in [1.29, 1.82) is 0 Å². The number of amides is 1. The van der Waals surface area contributed by atoms with E-state index in [4.69, 9.17) is 0 Å². The van der Waals surface area contributed by atoms with Gasteiger partial charge in [0, 0.05) is 12.5 Å². The summed E-state index contributed by atoms with van der Waals surface area (Å²) < 4.78 is 0. The number of rotatable bonds is 8. The van der Waals surface area contributed by atoms with E-state index in [2.05, 4.69) is 12.2 Å². The van der Waals surface area contributed by atoms with Crippen molar-refractivity contribution in [1.82, 2.24) is 5.32 Å². The van der Waals surface area contributed by atoms with Crippen molar-refractivity contribution >= 4 is 5.91 Å². The third-order valence-corrected chi connectivity index (χ3v) is 3.24. The molecule has 1 amide bonds. The fourth-order valence-electron chi connectivity index (χ4n) is 2.24. The van der Waals surface area contributed by atoms with E-state index >= 15 is 0 Å². The molecule has 0 unspecified atom stereocenters. The number of nitrogens with one attached hydrogen (secondary N) is 1. The maximum atomic E-state index is 10.9. The first-order chi connectivity index (χ1) is 7.33. The van der Waals surface area contributed by atoms with E-state index in [1.165, 1.54) is 51.4 Å². The van der Waals surface area contributed by atoms with Crippen LogP contribution in [-0.2, 0) is 4.79 Å². The molecule has 15 heavy (non-hydrogen) atoms. The van der Waals surface area contributed by atoms with Gasteiger partial charge in [0.15, 0.2) is 0 Å². The molecule has 1 N–H and O–H groups in total. The Hall–Kier alpha value is -0.530. The molecular weight excluding hydrogens is 186 g/mol.